The van der Waals surface area contributed by atoms with Crippen molar-refractivity contribution in [3.05, 3.63) is 34.7 Å². The maximum Gasteiger partial charge on any atom is 0.253 e. The predicted octanol–water partition coefficient (Wildman–Crippen LogP) is 2.76. The molecule has 118 valence electrons. The summed E-state index contributed by atoms with van der Waals surface area (Å²) >= 11 is 0. The molecule has 0 radical (unpaired) electrons. The van der Waals surface area contributed by atoms with Gasteiger partial charge in [-0.1, -0.05) is 11.6 Å². The molecule has 1 aliphatic heterocycles. The zero-order chi connectivity index (χ0) is 14.7. The number of halogens is 1. The van der Waals surface area contributed by atoms with Crippen molar-refractivity contribution in [1.82, 2.24) is 15.2 Å². The Kier molecular flexibility index (Phi) is 6.49. The number of hydrogen-bond donors (Lipinski definition) is 2. The predicted molar refractivity (Wildman–Crippen MR) is 89.4 cm³/mol. The van der Waals surface area contributed by atoms with Gasteiger partial charge in [0.05, 0.1) is 5.56 Å². The smallest absolute Gasteiger partial charge is 0.253 e. The molecule has 2 rings (SSSR count). The van der Waals surface area contributed by atoms with Crippen LogP contribution in [0.4, 0.5) is 0 Å². The summed E-state index contributed by atoms with van der Waals surface area (Å²) < 4.78 is 2.21. The highest BCUT2D eigenvalue weighted by Gasteiger charge is 2.17. The van der Waals surface area contributed by atoms with E-state index < -0.39 is 0 Å². The standard InChI is InChI=1S/C16H25N3O.ClH/c1-11(2)19-12(3)9-15(13(19)4)16(20)18-10-14-5-7-17-8-6-14;/h5,9,11,17H,6-8,10H2,1-4H3,(H,18,20);1H. The van der Waals surface area contributed by atoms with E-state index in [1.807, 2.05) is 13.0 Å². The fraction of sp³-hybridized carbons (Fsp3) is 0.562. The molecule has 4 nitrogen and oxygen atoms in total. The molecular weight excluding hydrogens is 286 g/mol. The van der Waals surface area contributed by atoms with E-state index in [4.69, 9.17) is 0 Å². The van der Waals surface area contributed by atoms with Crippen LogP contribution >= 0.6 is 12.4 Å². The molecule has 0 aliphatic carbocycles. The summed E-state index contributed by atoms with van der Waals surface area (Å²) in [6.45, 7) is 10.9. The van der Waals surface area contributed by atoms with E-state index in [1.54, 1.807) is 0 Å². The average Bonchev–Trinajstić information content (AvgIpc) is 2.72. The number of nitrogens with one attached hydrogen (secondary N) is 2. The number of amides is 1. The third-order valence-electron chi connectivity index (χ3n) is 3.88. The zero-order valence-corrected chi connectivity index (χ0v) is 14.1. The average molecular weight is 312 g/mol. The van der Waals surface area contributed by atoms with Gasteiger partial charge in [-0.2, -0.15) is 0 Å². The third kappa shape index (κ3) is 4.11. The maximum absolute atomic E-state index is 12.3. The fourth-order valence-corrected chi connectivity index (χ4v) is 2.92. The fourth-order valence-electron chi connectivity index (χ4n) is 2.92. The van der Waals surface area contributed by atoms with E-state index in [1.165, 1.54) is 5.57 Å². The molecule has 2 N–H and O–H groups in total. The number of carbonyl (C=O) groups is 1. The molecule has 5 heteroatoms. The van der Waals surface area contributed by atoms with Crippen LogP contribution in [0.2, 0.25) is 0 Å². The zero-order valence-electron chi connectivity index (χ0n) is 13.3. The second-order valence-corrected chi connectivity index (χ2v) is 5.75. The van der Waals surface area contributed by atoms with Crippen LogP contribution in [0.5, 0.6) is 0 Å². The highest BCUT2D eigenvalue weighted by molar-refractivity contribution is 5.95. The van der Waals surface area contributed by atoms with Gasteiger partial charge in [-0.05, 0) is 46.7 Å². The van der Waals surface area contributed by atoms with Crippen molar-refractivity contribution < 1.29 is 4.79 Å². The molecule has 0 spiro atoms. The van der Waals surface area contributed by atoms with Crippen molar-refractivity contribution in [3.8, 4) is 0 Å². The van der Waals surface area contributed by atoms with Crippen LogP contribution in [0.15, 0.2) is 17.7 Å². The van der Waals surface area contributed by atoms with Gasteiger partial charge < -0.3 is 15.2 Å². The van der Waals surface area contributed by atoms with Crippen LogP contribution in [-0.2, 0) is 0 Å². The molecule has 21 heavy (non-hydrogen) atoms. The number of carbonyl (C=O) groups excluding carboxylic acids is 1. The Balaban J connectivity index is 0.00000220. The summed E-state index contributed by atoms with van der Waals surface area (Å²) in [5.74, 6) is 0.0319. The molecule has 0 atom stereocenters. The molecule has 1 aliphatic rings. The monoisotopic (exact) mass is 311 g/mol. The normalized spacial score (nSPS) is 14.6. The summed E-state index contributed by atoms with van der Waals surface area (Å²) in [7, 11) is 0. The Hall–Kier alpha value is -1.26. The highest BCUT2D eigenvalue weighted by Crippen LogP contribution is 2.20. The van der Waals surface area contributed by atoms with Gasteiger partial charge in [0, 0.05) is 30.5 Å². The molecule has 2 heterocycles. The Bertz CT molecular complexity index is 532. The first-order valence-corrected chi connectivity index (χ1v) is 7.36. The second kappa shape index (κ2) is 7.66. The van der Waals surface area contributed by atoms with Crippen molar-refractivity contribution in [3.63, 3.8) is 0 Å². The van der Waals surface area contributed by atoms with Crippen LogP contribution in [0.25, 0.3) is 0 Å². The summed E-state index contributed by atoms with van der Waals surface area (Å²) in [4.78, 5) is 12.3. The quantitative estimate of drug-likeness (QED) is 0.840. The van der Waals surface area contributed by atoms with Gasteiger partial charge in [0.2, 0.25) is 0 Å². The Labute approximate surface area is 133 Å². The van der Waals surface area contributed by atoms with Crippen LogP contribution in [0.1, 0.15) is 48.1 Å². The summed E-state index contributed by atoms with van der Waals surface area (Å²) in [5, 5.41) is 6.31. The van der Waals surface area contributed by atoms with Gasteiger partial charge in [-0.15, -0.1) is 12.4 Å². The first kappa shape index (κ1) is 17.8. The van der Waals surface area contributed by atoms with Gasteiger partial charge in [-0.25, -0.2) is 0 Å². The van der Waals surface area contributed by atoms with Gasteiger partial charge in [0.1, 0.15) is 0 Å². The molecule has 0 aromatic carbocycles. The minimum absolute atomic E-state index is 0. The second-order valence-electron chi connectivity index (χ2n) is 5.75. The minimum Gasteiger partial charge on any atom is -0.348 e. The lowest BCUT2D eigenvalue weighted by Gasteiger charge is -2.15. The Morgan fingerprint density at radius 3 is 2.67 bits per heavy atom. The molecule has 1 amide bonds. The van der Waals surface area contributed by atoms with Crippen LogP contribution in [0, 0.1) is 13.8 Å². The maximum atomic E-state index is 12.3. The van der Waals surface area contributed by atoms with Crippen molar-refractivity contribution in [2.24, 2.45) is 0 Å². The molecule has 0 unspecified atom stereocenters. The number of aromatic nitrogens is 1. The van der Waals surface area contributed by atoms with Crippen LogP contribution < -0.4 is 10.6 Å². The van der Waals surface area contributed by atoms with Gasteiger partial charge in [0.25, 0.3) is 5.91 Å². The lowest BCUT2D eigenvalue weighted by molar-refractivity contribution is 0.0956. The van der Waals surface area contributed by atoms with E-state index >= 15 is 0 Å². The molecule has 0 bridgehead atoms. The third-order valence-corrected chi connectivity index (χ3v) is 3.88. The van der Waals surface area contributed by atoms with E-state index in [2.05, 4.69) is 42.0 Å². The number of rotatable bonds is 4. The van der Waals surface area contributed by atoms with Gasteiger partial charge >= 0.3 is 0 Å². The topological polar surface area (TPSA) is 46.1 Å². The molecule has 1 aromatic heterocycles. The van der Waals surface area contributed by atoms with Crippen molar-refractivity contribution in [1.29, 1.82) is 0 Å². The van der Waals surface area contributed by atoms with Crippen LogP contribution in [0.3, 0.4) is 0 Å². The first-order chi connectivity index (χ1) is 9.50. The lowest BCUT2D eigenvalue weighted by atomic mass is 10.1. The number of nitrogens with zero attached hydrogens (tertiary/aromatic N) is 1. The molecule has 0 saturated heterocycles. The Morgan fingerprint density at radius 1 is 1.43 bits per heavy atom. The highest BCUT2D eigenvalue weighted by atomic mass is 35.5. The minimum atomic E-state index is 0. The largest absolute Gasteiger partial charge is 0.348 e. The summed E-state index contributed by atoms with van der Waals surface area (Å²) in [6, 6.07) is 2.37. The van der Waals surface area contributed by atoms with Crippen LogP contribution in [-0.4, -0.2) is 30.1 Å². The molecule has 1 aromatic rings. The molecular formula is C16H26ClN3O. The van der Waals surface area contributed by atoms with E-state index in [-0.39, 0.29) is 18.3 Å². The summed E-state index contributed by atoms with van der Waals surface area (Å²) in [6.07, 6.45) is 3.19. The number of aryl methyl sites for hydroxylation is 1. The van der Waals surface area contributed by atoms with Crippen molar-refractivity contribution >= 4 is 18.3 Å². The van der Waals surface area contributed by atoms with Gasteiger partial charge in [-0.3, -0.25) is 4.79 Å². The van der Waals surface area contributed by atoms with E-state index in [9.17, 15) is 4.79 Å². The van der Waals surface area contributed by atoms with E-state index in [0.717, 1.165) is 36.5 Å². The molecule has 0 saturated carbocycles. The van der Waals surface area contributed by atoms with Gasteiger partial charge in [0.15, 0.2) is 0 Å². The first-order valence-electron chi connectivity index (χ1n) is 7.36. The van der Waals surface area contributed by atoms with Crippen molar-refractivity contribution in [2.45, 2.75) is 40.2 Å². The lowest BCUT2D eigenvalue weighted by Crippen LogP contribution is -2.29. The Morgan fingerprint density at radius 2 is 2.14 bits per heavy atom. The number of hydrogen-bond acceptors (Lipinski definition) is 2. The van der Waals surface area contributed by atoms with E-state index in [0.29, 0.717) is 12.6 Å². The SMILES string of the molecule is Cc1cc(C(=O)NCC2=CCNCC2)c(C)n1C(C)C.Cl. The summed E-state index contributed by atoms with van der Waals surface area (Å²) in [5.41, 5.74) is 4.30. The molecule has 0 fully saturated rings. The van der Waals surface area contributed by atoms with Crippen molar-refractivity contribution in [2.75, 3.05) is 19.6 Å².